The number of methoxy groups -OCH3 is 1. The van der Waals surface area contributed by atoms with Crippen LogP contribution < -0.4 is 4.74 Å². The van der Waals surface area contributed by atoms with Gasteiger partial charge in [0.2, 0.25) is 0 Å². The minimum atomic E-state index is 0.869. The van der Waals surface area contributed by atoms with E-state index in [1.807, 2.05) is 11.8 Å². The zero-order chi connectivity index (χ0) is 16.1. The number of hydrogen-bond donors (Lipinski definition) is 0. The molecule has 3 nitrogen and oxygen atoms in total. The van der Waals surface area contributed by atoms with Gasteiger partial charge in [0.15, 0.2) is 0 Å². The Labute approximate surface area is 149 Å². The fraction of sp³-hybridized carbons (Fsp3) is 0.611. The Morgan fingerprint density at radius 3 is 2.52 bits per heavy atom. The van der Waals surface area contributed by atoms with Crippen LogP contribution in [-0.4, -0.2) is 53.3 Å². The fourth-order valence-corrected chi connectivity index (χ4v) is 4.59. The van der Waals surface area contributed by atoms with Crippen LogP contribution in [-0.2, 0) is 6.42 Å². The summed E-state index contributed by atoms with van der Waals surface area (Å²) in [5.74, 6) is 2.98. The standard InChI is InChI=1S/C18H26N2OS2/c1-21-17-6-4-15(5-7-17)2-3-16-8-10-19(11-9-16)14-20-12-13-23-18(20)22/h4-7,16H,2-3,8-14H2,1H3. The molecule has 23 heavy (non-hydrogen) atoms. The van der Waals surface area contributed by atoms with Crippen molar-refractivity contribution in [2.75, 3.05) is 39.2 Å². The summed E-state index contributed by atoms with van der Waals surface area (Å²) in [4.78, 5) is 4.93. The molecular formula is C18H26N2OS2. The molecular weight excluding hydrogens is 324 g/mol. The zero-order valence-electron chi connectivity index (χ0n) is 13.9. The van der Waals surface area contributed by atoms with Crippen LogP contribution >= 0.6 is 24.0 Å². The third kappa shape index (κ3) is 4.85. The molecule has 0 N–H and O–H groups in total. The van der Waals surface area contributed by atoms with Gasteiger partial charge in [-0.05, 0) is 49.3 Å². The Hall–Kier alpha value is -0.780. The van der Waals surface area contributed by atoms with E-state index >= 15 is 0 Å². The van der Waals surface area contributed by atoms with Gasteiger partial charge in [-0.2, -0.15) is 0 Å². The van der Waals surface area contributed by atoms with Crippen molar-refractivity contribution in [1.29, 1.82) is 0 Å². The molecule has 0 unspecified atom stereocenters. The molecule has 126 valence electrons. The van der Waals surface area contributed by atoms with E-state index in [1.165, 1.54) is 44.3 Å². The summed E-state index contributed by atoms with van der Waals surface area (Å²) >= 11 is 7.22. The molecule has 3 rings (SSSR count). The van der Waals surface area contributed by atoms with E-state index in [1.54, 1.807) is 7.11 Å². The maximum absolute atomic E-state index is 5.40. The lowest BCUT2D eigenvalue weighted by molar-refractivity contribution is 0.135. The molecule has 1 aromatic carbocycles. The molecule has 0 atom stereocenters. The van der Waals surface area contributed by atoms with Crippen molar-refractivity contribution in [3.8, 4) is 5.75 Å². The number of aryl methyl sites for hydroxylation is 1. The number of thioether (sulfide) groups is 1. The van der Waals surface area contributed by atoms with E-state index in [0.29, 0.717) is 0 Å². The molecule has 2 fully saturated rings. The number of nitrogens with zero attached hydrogens (tertiary/aromatic N) is 2. The normalized spacial score (nSPS) is 20.2. The third-order valence-electron chi connectivity index (χ3n) is 4.92. The lowest BCUT2D eigenvalue weighted by Gasteiger charge is -2.34. The molecule has 0 bridgehead atoms. The van der Waals surface area contributed by atoms with E-state index in [-0.39, 0.29) is 0 Å². The summed E-state index contributed by atoms with van der Waals surface area (Å²) in [6, 6.07) is 8.52. The van der Waals surface area contributed by atoms with E-state index in [4.69, 9.17) is 17.0 Å². The Morgan fingerprint density at radius 2 is 1.91 bits per heavy atom. The van der Waals surface area contributed by atoms with Crippen molar-refractivity contribution in [1.82, 2.24) is 9.80 Å². The minimum Gasteiger partial charge on any atom is -0.497 e. The van der Waals surface area contributed by atoms with Crippen molar-refractivity contribution in [2.45, 2.75) is 25.7 Å². The van der Waals surface area contributed by atoms with Crippen molar-refractivity contribution < 1.29 is 4.74 Å². The molecule has 0 aliphatic carbocycles. The van der Waals surface area contributed by atoms with Crippen LogP contribution in [0.2, 0.25) is 0 Å². The first-order valence-corrected chi connectivity index (χ1v) is 9.91. The Kier molecular flexibility index (Phi) is 6.20. The Balaban J connectivity index is 1.37. The van der Waals surface area contributed by atoms with E-state index in [0.717, 1.165) is 35.0 Å². The van der Waals surface area contributed by atoms with Crippen molar-refractivity contribution in [2.24, 2.45) is 5.92 Å². The van der Waals surface area contributed by atoms with Gasteiger partial charge < -0.3 is 9.64 Å². The molecule has 1 aromatic rings. The number of hydrogen-bond acceptors (Lipinski definition) is 4. The van der Waals surface area contributed by atoms with Gasteiger partial charge in [-0.1, -0.05) is 36.1 Å². The summed E-state index contributed by atoms with van der Waals surface area (Å²) in [5, 5.41) is 0. The maximum Gasteiger partial charge on any atom is 0.137 e. The fourth-order valence-electron chi connectivity index (χ4n) is 3.38. The van der Waals surface area contributed by atoms with Gasteiger partial charge in [-0.3, -0.25) is 4.90 Å². The van der Waals surface area contributed by atoms with Gasteiger partial charge in [-0.25, -0.2) is 0 Å². The Bertz CT molecular complexity index is 512. The van der Waals surface area contributed by atoms with Gasteiger partial charge in [0, 0.05) is 25.4 Å². The van der Waals surface area contributed by atoms with Crippen LogP contribution in [0.1, 0.15) is 24.8 Å². The second kappa shape index (κ2) is 8.36. The van der Waals surface area contributed by atoms with Gasteiger partial charge in [0.05, 0.1) is 13.8 Å². The first kappa shape index (κ1) is 17.1. The SMILES string of the molecule is COc1ccc(CCC2CCN(CN3CCSC3=S)CC2)cc1. The van der Waals surface area contributed by atoms with Crippen LogP contribution in [0.15, 0.2) is 24.3 Å². The zero-order valence-corrected chi connectivity index (χ0v) is 15.5. The van der Waals surface area contributed by atoms with Crippen LogP contribution in [0.4, 0.5) is 0 Å². The number of piperidine rings is 1. The smallest absolute Gasteiger partial charge is 0.137 e. The third-order valence-corrected chi connectivity index (χ3v) is 6.43. The molecule has 2 saturated heterocycles. The highest BCUT2D eigenvalue weighted by Crippen LogP contribution is 2.25. The number of rotatable bonds is 6. The summed E-state index contributed by atoms with van der Waals surface area (Å²) in [5.41, 5.74) is 1.42. The van der Waals surface area contributed by atoms with E-state index in [9.17, 15) is 0 Å². The molecule has 0 saturated carbocycles. The largest absolute Gasteiger partial charge is 0.497 e. The molecule has 0 amide bonds. The Morgan fingerprint density at radius 1 is 1.17 bits per heavy atom. The van der Waals surface area contributed by atoms with Crippen LogP contribution in [0.3, 0.4) is 0 Å². The average Bonchev–Trinajstić information content (AvgIpc) is 2.99. The van der Waals surface area contributed by atoms with E-state index in [2.05, 4.69) is 34.1 Å². The van der Waals surface area contributed by atoms with Gasteiger partial charge in [0.1, 0.15) is 10.1 Å². The monoisotopic (exact) mass is 350 g/mol. The topological polar surface area (TPSA) is 15.7 Å². The molecule has 5 heteroatoms. The summed E-state index contributed by atoms with van der Waals surface area (Å²) in [7, 11) is 1.72. The molecule has 0 aromatic heterocycles. The van der Waals surface area contributed by atoms with Crippen LogP contribution in [0.25, 0.3) is 0 Å². The quantitative estimate of drug-likeness (QED) is 0.726. The van der Waals surface area contributed by atoms with Crippen LogP contribution in [0, 0.1) is 5.92 Å². The van der Waals surface area contributed by atoms with Gasteiger partial charge in [0.25, 0.3) is 0 Å². The summed E-state index contributed by atoms with van der Waals surface area (Å²) < 4.78 is 6.31. The number of benzene rings is 1. The highest BCUT2D eigenvalue weighted by atomic mass is 32.2. The van der Waals surface area contributed by atoms with Gasteiger partial charge in [-0.15, -0.1) is 0 Å². The second-order valence-electron chi connectivity index (χ2n) is 6.47. The molecule has 2 aliphatic rings. The molecule has 2 aliphatic heterocycles. The minimum absolute atomic E-state index is 0.869. The molecule has 2 heterocycles. The maximum atomic E-state index is 5.40. The number of thiocarbonyl (C=S) groups is 1. The predicted molar refractivity (Wildman–Crippen MR) is 102 cm³/mol. The molecule has 0 spiro atoms. The summed E-state index contributed by atoms with van der Waals surface area (Å²) in [6.45, 7) is 4.60. The average molecular weight is 351 g/mol. The number of likely N-dealkylation sites (tertiary alicyclic amines) is 1. The lowest BCUT2D eigenvalue weighted by Crippen LogP contribution is -2.42. The first-order chi connectivity index (χ1) is 11.2. The van der Waals surface area contributed by atoms with Crippen LogP contribution in [0.5, 0.6) is 5.75 Å². The van der Waals surface area contributed by atoms with E-state index < -0.39 is 0 Å². The van der Waals surface area contributed by atoms with Crippen molar-refractivity contribution >= 4 is 28.3 Å². The first-order valence-electron chi connectivity index (χ1n) is 8.51. The van der Waals surface area contributed by atoms with Gasteiger partial charge >= 0.3 is 0 Å². The second-order valence-corrected chi connectivity index (χ2v) is 8.20. The molecule has 0 radical (unpaired) electrons. The summed E-state index contributed by atoms with van der Waals surface area (Å²) in [6.07, 6.45) is 5.13. The predicted octanol–water partition coefficient (Wildman–Crippen LogP) is 3.63. The number of ether oxygens (including phenoxy) is 1. The lowest BCUT2D eigenvalue weighted by atomic mass is 9.90. The highest BCUT2D eigenvalue weighted by Gasteiger charge is 2.23. The van der Waals surface area contributed by atoms with Crippen molar-refractivity contribution in [3.63, 3.8) is 0 Å². The van der Waals surface area contributed by atoms with Crippen molar-refractivity contribution in [3.05, 3.63) is 29.8 Å². The highest BCUT2D eigenvalue weighted by molar-refractivity contribution is 8.23.